The van der Waals surface area contributed by atoms with Gasteiger partial charge in [-0.05, 0) is 43.0 Å². The number of aryl methyl sites for hydroxylation is 1. The largest absolute Gasteiger partial charge is 0.347 e. The van der Waals surface area contributed by atoms with E-state index in [0.717, 1.165) is 54.6 Å². The minimum atomic E-state index is -0.0584. The maximum atomic E-state index is 13.4. The molecule has 3 aromatic rings. The van der Waals surface area contributed by atoms with Crippen molar-refractivity contribution in [2.24, 2.45) is 0 Å². The van der Waals surface area contributed by atoms with E-state index in [-0.39, 0.29) is 11.9 Å². The van der Waals surface area contributed by atoms with Gasteiger partial charge < -0.3 is 9.80 Å². The van der Waals surface area contributed by atoms with Crippen molar-refractivity contribution in [1.82, 2.24) is 19.9 Å². The topological polar surface area (TPSA) is 62.2 Å². The Kier molecular flexibility index (Phi) is 6.08. The molecule has 1 aliphatic heterocycles. The van der Waals surface area contributed by atoms with Crippen LogP contribution in [0, 0.1) is 0 Å². The van der Waals surface area contributed by atoms with E-state index >= 15 is 0 Å². The minimum Gasteiger partial charge on any atom is -0.347 e. The van der Waals surface area contributed by atoms with Gasteiger partial charge in [0.05, 0.1) is 17.3 Å². The summed E-state index contributed by atoms with van der Waals surface area (Å²) >= 11 is 1.68. The van der Waals surface area contributed by atoms with Gasteiger partial charge in [-0.3, -0.25) is 9.78 Å². The molecule has 7 heteroatoms. The van der Waals surface area contributed by atoms with Crippen molar-refractivity contribution in [3.8, 4) is 11.1 Å². The molecule has 6 nitrogen and oxygen atoms in total. The zero-order valence-electron chi connectivity index (χ0n) is 17.7. The summed E-state index contributed by atoms with van der Waals surface area (Å²) in [6.45, 7) is 2.91. The average molecular weight is 422 g/mol. The van der Waals surface area contributed by atoms with Crippen molar-refractivity contribution in [1.29, 1.82) is 0 Å². The van der Waals surface area contributed by atoms with Crippen LogP contribution in [0.5, 0.6) is 0 Å². The van der Waals surface area contributed by atoms with Gasteiger partial charge in [0.2, 0.25) is 5.95 Å². The molecule has 0 bridgehead atoms. The number of hydrogen-bond acceptors (Lipinski definition) is 6. The highest BCUT2D eigenvalue weighted by Crippen LogP contribution is 2.38. The highest BCUT2D eigenvalue weighted by molar-refractivity contribution is 7.10. The monoisotopic (exact) mass is 421 g/mol. The number of amides is 1. The van der Waals surface area contributed by atoms with Crippen molar-refractivity contribution in [2.45, 2.75) is 38.6 Å². The Morgan fingerprint density at radius 1 is 1.30 bits per heavy atom. The van der Waals surface area contributed by atoms with Gasteiger partial charge in [0.25, 0.3) is 5.91 Å². The van der Waals surface area contributed by atoms with E-state index in [0.29, 0.717) is 5.95 Å². The number of likely N-dealkylation sites (tertiary alicyclic amines) is 1. The fourth-order valence-electron chi connectivity index (χ4n) is 3.94. The van der Waals surface area contributed by atoms with Crippen LogP contribution in [0.4, 0.5) is 5.95 Å². The summed E-state index contributed by atoms with van der Waals surface area (Å²) in [7, 11) is 3.87. The smallest absolute Gasteiger partial charge is 0.255 e. The molecule has 1 aliphatic rings. The van der Waals surface area contributed by atoms with Crippen molar-refractivity contribution in [2.75, 3.05) is 25.5 Å². The number of anilines is 1. The number of pyridine rings is 1. The first-order valence-electron chi connectivity index (χ1n) is 10.4. The maximum absolute atomic E-state index is 13.4. The van der Waals surface area contributed by atoms with Gasteiger partial charge in [0.15, 0.2) is 0 Å². The highest BCUT2D eigenvalue weighted by Gasteiger charge is 2.34. The van der Waals surface area contributed by atoms with E-state index in [1.54, 1.807) is 23.7 Å². The van der Waals surface area contributed by atoms with E-state index in [1.165, 1.54) is 4.88 Å². The molecule has 0 aliphatic carbocycles. The van der Waals surface area contributed by atoms with Gasteiger partial charge in [-0.15, -0.1) is 11.3 Å². The second kappa shape index (κ2) is 8.92. The predicted octanol–water partition coefficient (Wildman–Crippen LogP) is 4.60. The van der Waals surface area contributed by atoms with E-state index in [9.17, 15) is 4.79 Å². The van der Waals surface area contributed by atoms with Crippen LogP contribution in [-0.2, 0) is 6.42 Å². The predicted molar refractivity (Wildman–Crippen MR) is 121 cm³/mol. The molecular formula is C23H27N5OS. The van der Waals surface area contributed by atoms with Crippen LogP contribution in [0.2, 0.25) is 0 Å². The zero-order chi connectivity index (χ0) is 21.1. The van der Waals surface area contributed by atoms with Crippen molar-refractivity contribution < 1.29 is 4.79 Å². The third kappa shape index (κ3) is 4.07. The first-order chi connectivity index (χ1) is 14.6. The second-order valence-corrected chi connectivity index (χ2v) is 8.80. The minimum absolute atomic E-state index is 0.0584. The Labute approximate surface area is 181 Å². The lowest BCUT2D eigenvalue weighted by Gasteiger charge is -2.26. The lowest BCUT2D eigenvalue weighted by molar-refractivity contribution is 0.0734. The molecule has 1 atom stereocenters. The maximum Gasteiger partial charge on any atom is 0.255 e. The van der Waals surface area contributed by atoms with Crippen LogP contribution in [0.25, 0.3) is 11.1 Å². The third-order valence-corrected chi connectivity index (χ3v) is 6.42. The van der Waals surface area contributed by atoms with Crippen LogP contribution in [0.3, 0.4) is 0 Å². The normalized spacial score (nSPS) is 16.1. The SMILES string of the molecule is CCCc1cc(C(=O)N2CCC[C@H]2c2nc(N(C)C)ncc2-c2ccncc2)cs1. The second-order valence-electron chi connectivity index (χ2n) is 7.81. The third-order valence-electron chi connectivity index (χ3n) is 5.42. The molecule has 0 spiro atoms. The summed E-state index contributed by atoms with van der Waals surface area (Å²) in [5.74, 6) is 0.754. The molecule has 3 aromatic heterocycles. The molecular weight excluding hydrogens is 394 g/mol. The quantitative estimate of drug-likeness (QED) is 0.582. The molecule has 0 unspecified atom stereocenters. The van der Waals surface area contributed by atoms with E-state index < -0.39 is 0 Å². The van der Waals surface area contributed by atoms with Gasteiger partial charge in [-0.25, -0.2) is 9.97 Å². The van der Waals surface area contributed by atoms with Crippen LogP contribution in [-0.4, -0.2) is 46.4 Å². The van der Waals surface area contributed by atoms with Gasteiger partial charge in [0.1, 0.15) is 0 Å². The summed E-state index contributed by atoms with van der Waals surface area (Å²) < 4.78 is 0. The Morgan fingerprint density at radius 2 is 2.10 bits per heavy atom. The molecule has 4 heterocycles. The van der Waals surface area contributed by atoms with Gasteiger partial charge in [0, 0.05) is 55.1 Å². The standard InChI is InChI=1S/C23H27N5OS/c1-4-6-18-13-17(15-30-18)22(29)28-12-5-7-20(28)21-19(16-8-10-24-11-9-16)14-25-23(26-21)27(2)3/h8-11,13-15,20H,4-7,12H2,1-3H3/t20-/m0/s1. The number of nitrogens with zero attached hydrogens (tertiary/aromatic N) is 5. The molecule has 1 fully saturated rings. The summed E-state index contributed by atoms with van der Waals surface area (Å²) in [6, 6.07) is 5.93. The number of carbonyl (C=O) groups is 1. The fraction of sp³-hybridized carbons (Fsp3) is 0.391. The number of hydrogen-bond donors (Lipinski definition) is 0. The lowest BCUT2D eigenvalue weighted by atomic mass is 10.0. The molecule has 1 saturated heterocycles. The number of carbonyl (C=O) groups excluding carboxylic acids is 1. The van der Waals surface area contributed by atoms with Gasteiger partial charge in [-0.1, -0.05) is 13.3 Å². The molecule has 0 saturated carbocycles. The zero-order valence-corrected chi connectivity index (χ0v) is 18.5. The van der Waals surface area contributed by atoms with Crippen LogP contribution in [0.1, 0.15) is 53.2 Å². The van der Waals surface area contributed by atoms with Gasteiger partial charge >= 0.3 is 0 Å². The highest BCUT2D eigenvalue weighted by atomic mass is 32.1. The van der Waals surface area contributed by atoms with Crippen LogP contribution >= 0.6 is 11.3 Å². The Hall–Kier alpha value is -2.80. The van der Waals surface area contributed by atoms with E-state index in [4.69, 9.17) is 4.98 Å². The number of aromatic nitrogens is 3. The van der Waals surface area contributed by atoms with Crippen molar-refractivity contribution in [3.05, 3.63) is 58.3 Å². The summed E-state index contributed by atoms with van der Waals surface area (Å²) in [5.41, 5.74) is 3.69. The van der Waals surface area contributed by atoms with Crippen molar-refractivity contribution in [3.63, 3.8) is 0 Å². The summed E-state index contributed by atoms with van der Waals surface area (Å²) in [4.78, 5) is 32.1. The first kappa shape index (κ1) is 20.5. The van der Waals surface area contributed by atoms with E-state index in [2.05, 4.69) is 23.0 Å². The van der Waals surface area contributed by atoms with Crippen LogP contribution in [0.15, 0.2) is 42.2 Å². The van der Waals surface area contributed by atoms with Gasteiger partial charge in [-0.2, -0.15) is 0 Å². The fourth-order valence-corrected chi connectivity index (χ4v) is 4.90. The Bertz CT molecular complexity index is 1020. The number of rotatable bonds is 6. The molecule has 0 aromatic carbocycles. The molecule has 30 heavy (non-hydrogen) atoms. The van der Waals surface area contributed by atoms with Crippen molar-refractivity contribution >= 4 is 23.2 Å². The molecule has 1 amide bonds. The Balaban J connectivity index is 1.72. The molecule has 0 N–H and O–H groups in total. The van der Waals surface area contributed by atoms with Crippen LogP contribution < -0.4 is 4.90 Å². The number of thiophene rings is 1. The van der Waals surface area contributed by atoms with E-state index in [1.807, 2.05) is 47.6 Å². The lowest BCUT2D eigenvalue weighted by Crippen LogP contribution is -2.31. The molecule has 156 valence electrons. The Morgan fingerprint density at radius 3 is 2.83 bits per heavy atom. The first-order valence-corrected chi connectivity index (χ1v) is 11.3. The molecule has 4 rings (SSSR count). The molecule has 0 radical (unpaired) electrons. The average Bonchev–Trinajstić information content (AvgIpc) is 3.43. The summed E-state index contributed by atoms with van der Waals surface area (Å²) in [6.07, 6.45) is 9.40. The summed E-state index contributed by atoms with van der Waals surface area (Å²) in [5, 5.41) is 2.00.